The maximum atomic E-state index is 12.6. The van der Waals surface area contributed by atoms with E-state index in [2.05, 4.69) is 66.3 Å². The van der Waals surface area contributed by atoms with Gasteiger partial charge in [0.25, 0.3) is 5.91 Å². The lowest BCUT2D eigenvalue weighted by Gasteiger charge is -2.15. The summed E-state index contributed by atoms with van der Waals surface area (Å²) in [5.74, 6) is -0.0719. The minimum absolute atomic E-state index is 0.0719. The first-order valence-electron chi connectivity index (χ1n) is 9.80. The lowest BCUT2D eigenvalue weighted by Crippen LogP contribution is -2.31. The molecular weight excluding hydrogens is 414 g/mol. The third-order valence-electron chi connectivity index (χ3n) is 5.27. The second-order valence-electron chi connectivity index (χ2n) is 7.58. The first kappa shape index (κ1) is 20.6. The summed E-state index contributed by atoms with van der Waals surface area (Å²) in [4.78, 5) is 13.3. The molecule has 1 unspecified atom stereocenters. The van der Waals surface area contributed by atoms with E-state index in [-0.39, 0.29) is 11.4 Å². The van der Waals surface area contributed by atoms with Gasteiger partial charge in [-0.3, -0.25) is 4.79 Å². The molecule has 1 fully saturated rings. The number of hydrogen-bond donors (Lipinski definition) is 2. The zero-order valence-corrected chi connectivity index (χ0v) is 19.0. The molecular formula is C24H24ClN3OS. The highest BCUT2D eigenvalue weighted by atomic mass is 35.5. The Morgan fingerprint density at radius 2 is 1.80 bits per heavy atom. The van der Waals surface area contributed by atoms with E-state index in [1.54, 1.807) is 0 Å². The fraction of sp³-hybridized carbons (Fsp3) is 0.208. The lowest BCUT2D eigenvalue weighted by atomic mass is 10.2. The molecule has 2 aromatic carbocycles. The van der Waals surface area contributed by atoms with Crippen molar-refractivity contribution in [2.75, 3.05) is 5.32 Å². The van der Waals surface area contributed by atoms with Crippen LogP contribution in [0.15, 0.2) is 53.4 Å². The zero-order valence-electron chi connectivity index (χ0n) is 17.4. The normalized spacial score (nSPS) is 17.4. The minimum atomic E-state index is -0.235. The third kappa shape index (κ3) is 4.13. The van der Waals surface area contributed by atoms with Gasteiger partial charge < -0.3 is 15.2 Å². The molecule has 1 aliphatic heterocycles. The smallest absolute Gasteiger partial charge is 0.260 e. The summed E-state index contributed by atoms with van der Waals surface area (Å²) in [5.41, 5.74) is 7.41. The molecule has 2 N–H and O–H groups in total. The van der Waals surface area contributed by atoms with Crippen LogP contribution >= 0.6 is 23.4 Å². The Kier molecular flexibility index (Phi) is 5.67. The number of halogens is 1. The van der Waals surface area contributed by atoms with Gasteiger partial charge in [0.2, 0.25) is 0 Å². The molecule has 1 atom stereocenters. The number of nitrogens with one attached hydrogen (secondary N) is 2. The van der Waals surface area contributed by atoms with Crippen LogP contribution in [0, 0.1) is 27.7 Å². The van der Waals surface area contributed by atoms with Crippen LogP contribution in [0.5, 0.6) is 0 Å². The number of aryl methyl sites for hydroxylation is 3. The predicted molar refractivity (Wildman–Crippen MR) is 127 cm³/mol. The molecule has 1 aliphatic rings. The van der Waals surface area contributed by atoms with Crippen molar-refractivity contribution in [3.8, 4) is 5.69 Å². The summed E-state index contributed by atoms with van der Waals surface area (Å²) in [6, 6.07) is 16.3. The second-order valence-corrected chi connectivity index (χ2v) is 9.16. The predicted octanol–water partition coefficient (Wildman–Crippen LogP) is 5.96. The van der Waals surface area contributed by atoms with E-state index in [9.17, 15) is 4.79 Å². The SMILES string of the molecule is Cc1ccc(-n2c(C)cc(/C=C3\SC(Nc4cc(Cl)ccc4C)NC3=O)c2C)cc1. The first-order chi connectivity index (χ1) is 14.3. The molecule has 0 radical (unpaired) electrons. The van der Waals surface area contributed by atoms with Crippen LogP contribution in [0.1, 0.15) is 28.1 Å². The number of carbonyl (C=O) groups is 1. The number of benzene rings is 2. The molecule has 0 aliphatic carbocycles. The molecule has 4 rings (SSSR count). The number of amides is 1. The van der Waals surface area contributed by atoms with Crippen molar-refractivity contribution >= 4 is 41.0 Å². The van der Waals surface area contributed by atoms with E-state index in [1.807, 2.05) is 31.2 Å². The summed E-state index contributed by atoms with van der Waals surface area (Å²) < 4.78 is 2.22. The summed E-state index contributed by atoms with van der Waals surface area (Å²) in [6.07, 6.45) is 1.97. The molecule has 4 nitrogen and oxygen atoms in total. The van der Waals surface area contributed by atoms with E-state index >= 15 is 0 Å². The Morgan fingerprint density at radius 1 is 1.07 bits per heavy atom. The molecule has 3 aromatic rings. The summed E-state index contributed by atoms with van der Waals surface area (Å²) in [5, 5.41) is 7.02. The zero-order chi connectivity index (χ0) is 21.4. The molecule has 1 amide bonds. The summed E-state index contributed by atoms with van der Waals surface area (Å²) >= 11 is 7.59. The molecule has 2 heterocycles. The van der Waals surface area contributed by atoms with Crippen LogP contribution in [0.4, 0.5) is 5.69 Å². The molecule has 0 spiro atoms. The van der Waals surface area contributed by atoms with Crippen LogP contribution in [0.25, 0.3) is 11.8 Å². The van der Waals surface area contributed by atoms with Gasteiger partial charge in [0.05, 0.1) is 4.91 Å². The van der Waals surface area contributed by atoms with Crippen molar-refractivity contribution in [3.63, 3.8) is 0 Å². The summed E-state index contributed by atoms with van der Waals surface area (Å²) in [6.45, 7) is 8.27. The quantitative estimate of drug-likeness (QED) is 0.494. The Hall–Kier alpha value is -2.63. The van der Waals surface area contributed by atoms with E-state index in [4.69, 9.17) is 11.6 Å². The largest absolute Gasteiger partial charge is 0.356 e. The van der Waals surface area contributed by atoms with Gasteiger partial charge in [0.15, 0.2) is 5.50 Å². The van der Waals surface area contributed by atoms with Crippen LogP contribution in [-0.2, 0) is 4.79 Å². The van der Waals surface area contributed by atoms with Gasteiger partial charge >= 0.3 is 0 Å². The molecule has 1 aromatic heterocycles. The van der Waals surface area contributed by atoms with Crippen LogP contribution in [0.3, 0.4) is 0 Å². The van der Waals surface area contributed by atoms with E-state index in [0.29, 0.717) is 9.93 Å². The van der Waals surface area contributed by atoms with Gasteiger partial charge in [-0.15, -0.1) is 0 Å². The molecule has 6 heteroatoms. The van der Waals surface area contributed by atoms with Crippen molar-refractivity contribution in [1.82, 2.24) is 9.88 Å². The number of nitrogens with zero attached hydrogens (tertiary/aromatic N) is 1. The number of hydrogen-bond acceptors (Lipinski definition) is 3. The number of rotatable bonds is 4. The highest BCUT2D eigenvalue weighted by molar-refractivity contribution is 8.05. The van der Waals surface area contributed by atoms with Crippen molar-refractivity contribution < 1.29 is 4.79 Å². The fourth-order valence-corrected chi connectivity index (χ4v) is 4.76. The minimum Gasteiger partial charge on any atom is -0.356 e. The van der Waals surface area contributed by atoms with Crippen LogP contribution in [-0.4, -0.2) is 16.0 Å². The number of thioether (sulfide) groups is 1. The molecule has 30 heavy (non-hydrogen) atoms. The number of aromatic nitrogens is 1. The Labute approximate surface area is 186 Å². The van der Waals surface area contributed by atoms with Gasteiger partial charge in [-0.25, -0.2) is 0 Å². The molecule has 1 saturated heterocycles. The van der Waals surface area contributed by atoms with Gasteiger partial charge in [0.1, 0.15) is 0 Å². The van der Waals surface area contributed by atoms with Crippen LogP contribution < -0.4 is 10.6 Å². The average molecular weight is 438 g/mol. The highest BCUT2D eigenvalue weighted by Crippen LogP contribution is 2.33. The van der Waals surface area contributed by atoms with Crippen molar-refractivity contribution in [2.24, 2.45) is 0 Å². The number of carbonyl (C=O) groups excluding carboxylic acids is 1. The van der Waals surface area contributed by atoms with E-state index in [1.165, 1.54) is 17.3 Å². The Balaban J connectivity index is 1.58. The summed E-state index contributed by atoms with van der Waals surface area (Å²) in [7, 11) is 0. The molecule has 0 bridgehead atoms. The topological polar surface area (TPSA) is 46.1 Å². The number of anilines is 1. The van der Waals surface area contributed by atoms with Gasteiger partial charge in [-0.1, -0.05) is 47.1 Å². The van der Waals surface area contributed by atoms with Crippen molar-refractivity contribution in [3.05, 3.63) is 86.5 Å². The van der Waals surface area contributed by atoms with Gasteiger partial charge in [-0.2, -0.15) is 0 Å². The first-order valence-corrected chi connectivity index (χ1v) is 11.1. The average Bonchev–Trinajstić information content (AvgIpc) is 3.18. The molecule has 0 saturated carbocycles. The van der Waals surface area contributed by atoms with E-state index in [0.717, 1.165) is 33.9 Å². The lowest BCUT2D eigenvalue weighted by molar-refractivity contribution is -0.116. The Morgan fingerprint density at radius 3 is 2.53 bits per heavy atom. The second kappa shape index (κ2) is 8.25. The van der Waals surface area contributed by atoms with E-state index < -0.39 is 0 Å². The van der Waals surface area contributed by atoms with Crippen LogP contribution in [0.2, 0.25) is 5.02 Å². The standard InChI is InChI=1S/C24H24ClN3OS/c1-14-5-9-20(10-6-14)28-16(3)11-18(17(28)4)12-22-23(29)27-24(30-22)26-21-13-19(25)8-7-15(21)2/h5-13,24,26H,1-4H3,(H,27,29)/b22-12-. The maximum Gasteiger partial charge on any atom is 0.260 e. The molecule has 154 valence electrons. The van der Waals surface area contributed by atoms with Gasteiger partial charge in [-0.05, 0) is 75.2 Å². The highest BCUT2D eigenvalue weighted by Gasteiger charge is 2.28. The third-order valence-corrected chi connectivity index (χ3v) is 6.53. The van der Waals surface area contributed by atoms with Crippen molar-refractivity contribution in [2.45, 2.75) is 33.2 Å². The fourth-order valence-electron chi connectivity index (χ4n) is 3.62. The monoisotopic (exact) mass is 437 g/mol. The maximum absolute atomic E-state index is 12.6. The van der Waals surface area contributed by atoms with Gasteiger partial charge in [0, 0.05) is 27.8 Å². The van der Waals surface area contributed by atoms with Crippen molar-refractivity contribution in [1.29, 1.82) is 0 Å². The Bertz CT molecular complexity index is 1150.